The average molecular weight is 362 g/mol. The van der Waals surface area contributed by atoms with Gasteiger partial charge in [0.2, 0.25) is 0 Å². The van der Waals surface area contributed by atoms with Crippen molar-refractivity contribution in [2.75, 3.05) is 20.8 Å². The molecule has 1 aliphatic rings. The molecule has 1 fully saturated rings. The summed E-state index contributed by atoms with van der Waals surface area (Å²) in [6, 6.07) is 5.97. The van der Waals surface area contributed by atoms with E-state index in [1.807, 2.05) is 32.0 Å². The average Bonchev–Trinajstić information content (AvgIpc) is 3.23. The van der Waals surface area contributed by atoms with Gasteiger partial charge < -0.3 is 14.6 Å². The van der Waals surface area contributed by atoms with Gasteiger partial charge in [0, 0.05) is 24.0 Å². The van der Waals surface area contributed by atoms with Gasteiger partial charge >= 0.3 is 0 Å². The van der Waals surface area contributed by atoms with Gasteiger partial charge in [0.1, 0.15) is 16.5 Å². The molecule has 0 saturated carbocycles. The summed E-state index contributed by atoms with van der Waals surface area (Å²) in [5, 5.41) is 13.4. The lowest BCUT2D eigenvalue weighted by molar-refractivity contribution is -0.00530. The van der Waals surface area contributed by atoms with Gasteiger partial charge in [-0.15, -0.1) is 11.3 Å². The zero-order chi connectivity index (χ0) is 18.0. The molecule has 2 heterocycles. The Morgan fingerprint density at radius 1 is 1.32 bits per heavy atom. The van der Waals surface area contributed by atoms with Gasteiger partial charge in [0.15, 0.2) is 0 Å². The molecule has 1 unspecified atom stereocenters. The van der Waals surface area contributed by atoms with Crippen molar-refractivity contribution in [2.24, 2.45) is 0 Å². The lowest BCUT2D eigenvalue weighted by atomic mass is 9.96. The Kier molecular flexibility index (Phi) is 5.32. The summed E-state index contributed by atoms with van der Waals surface area (Å²) >= 11 is 1.62. The molecule has 1 aliphatic heterocycles. The molecular weight excluding hydrogens is 336 g/mol. The van der Waals surface area contributed by atoms with E-state index >= 15 is 0 Å². The molecule has 0 amide bonds. The van der Waals surface area contributed by atoms with Crippen molar-refractivity contribution in [1.82, 2.24) is 9.88 Å². The highest BCUT2D eigenvalue weighted by Crippen LogP contribution is 2.36. The molecule has 0 radical (unpaired) electrons. The highest BCUT2D eigenvalue weighted by Gasteiger charge is 2.35. The minimum Gasteiger partial charge on any atom is -0.497 e. The predicted octanol–water partition coefficient (Wildman–Crippen LogP) is 3.56. The maximum atomic E-state index is 10.4. The lowest BCUT2D eigenvalue weighted by Gasteiger charge is -2.33. The largest absolute Gasteiger partial charge is 0.497 e. The van der Waals surface area contributed by atoms with Gasteiger partial charge in [-0.2, -0.15) is 0 Å². The first-order valence-electron chi connectivity index (χ1n) is 8.55. The van der Waals surface area contributed by atoms with Crippen molar-refractivity contribution < 1.29 is 14.6 Å². The summed E-state index contributed by atoms with van der Waals surface area (Å²) in [7, 11) is 3.30. The number of likely N-dealkylation sites (tertiary alicyclic amines) is 1. The minimum atomic E-state index is -0.686. The van der Waals surface area contributed by atoms with Crippen LogP contribution in [-0.2, 0) is 6.54 Å². The summed E-state index contributed by atoms with van der Waals surface area (Å²) in [6.07, 6.45) is 2.16. The van der Waals surface area contributed by atoms with Gasteiger partial charge in [-0.3, -0.25) is 4.90 Å². The molecule has 0 bridgehead atoms. The Balaban J connectivity index is 1.79. The molecule has 5 nitrogen and oxygen atoms in total. The van der Waals surface area contributed by atoms with E-state index in [1.54, 1.807) is 25.6 Å². The molecule has 136 valence electrons. The Labute approximate surface area is 153 Å². The molecule has 2 aromatic rings. The first-order chi connectivity index (χ1) is 11.9. The Hall–Kier alpha value is -1.63. The van der Waals surface area contributed by atoms with Gasteiger partial charge in [-0.05, 0) is 45.4 Å². The second-order valence-corrected chi connectivity index (χ2v) is 7.85. The second kappa shape index (κ2) is 7.32. The summed E-state index contributed by atoms with van der Waals surface area (Å²) in [6.45, 7) is 5.56. The van der Waals surface area contributed by atoms with Crippen molar-refractivity contribution in [2.45, 2.75) is 44.9 Å². The number of benzene rings is 1. The fraction of sp³-hybridized carbons (Fsp3) is 0.526. The Morgan fingerprint density at radius 2 is 2.12 bits per heavy atom. The van der Waals surface area contributed by atoms with Crippen LogP contribution in [0.1, 0.15) is 32.4 Å². The standard InChI is InChI=1S/C19H26N2O3S/c1-19(2,22)17-6-5-9-21(17)11-13-12-25-18(20-13)15-8-7-14(23-3)10-16(15)24-4/h7-8,10,12,17,22H,5-6,9,11H2,1-4H3. The van der Waals surface area contributed by atoms with Crippen LogP contribution in [0.4, 0.5) is 0 Å². The number of ether oxygens (including phenoxy) is 2. The first kappa shape index (κ1) is 18.2. The van der Waals surface area contributed by atoms with E-state index in [0.29, 0.717) is 0 Å². The van der Waals surface area contributed by atoms with Crippen LogP contribution in [0.5, 0.6) is 11.5 Å². The number of hydrogen-bond donors (Lipinski definition) is 1. The highest BCUT2D eigenvalue weighted by molar-refractivity contribution is 7.13. The number of hydrogen-bond acceptors (Lipinski definition) is 6. The van der Waals surface area contributed by atoms with Gasteiger partial charge in [-0.25, -0.2) is 4.98 Å². The quantitative estimate of drug-likeness (QED) is 0.851. The van der Waals surface area contributed by atoms with Gasteiger partial charge in [-0.1, -0.05) is 0 Å². The van der Waals surface area contributed by atoms with Crippen LogP contribution in [0.25, 0.3) is 10.6 Å². The van der Waals surface area contributed by atoms with Crippen LogP contribution in [0.2, 0.25) is 0 Å². The van der Waals surface area contributed by atoms with Crippen LogP contribution in [0.3, 0.4) is 0 Å². The third kappa shape index (κ3) is 3.97. The molecule has 1 aromatic carbocycles. The van der Waals surface area contributed by atoms with E-state index in [9.17, 15) is 5.11 Å². The molecule has 25 heavy (non-hydrogen) atoms. The number of nitrogens with zero attached hydrogens (tertiary/aromatic N) is 2. The number of aliphatic hydroxyl groups is 1. The molecule has 1 atom stereocenters. The number of thiazole rings is 1. The fourth-order valence-corrected chi connectivity index (χ4v) is 4.34. The van der Waals surface area contributed by atoms with E-state index in [-0.39, 0.29) is 6.04 Å². The van der Waals surface area contributed by atoms with E-state index in [4.69, 9.17) is 14.5 Å². The van der Waals surface area contributed by atoms with E-state index < -0.39 is 5.60 Å². The van der Waals surface area contributed by atoms with Crippen molar-refractivity contribution in [3.05, 3.63) is 29.3 Å². The summed E-state index contributed by atoms with van der Waals surface area (Å²) in [4.78, 5) is 7.14. The minimum absolute atomic E-state index is 0.188. The maximum Gasteiger partial charge on any atom is 0.132 e. The fourth-order valence-electron chi connectivity index (χ4n) is 3.50. The molecule has 0 aliphatic carbocycles. The lowest BCUT2D eigenvalue weighted by Crippen LogP contribution is -2.45. The Bertz CT molecular complexity index is 724. The van der Waals surface area contributed by atoms with Crippen molar-refractivity contribution in [3.63, 3.8) is 0 Å². The van der Waals surface area contributed by atoms with E-state index in [1.165, 1.54) is 0 Å². The van der Waals surface area contributed by atoms with Crippen LogP contribution in [0, 0.1) is 0 Å². The molecule has 3 rings (SSSR count). The SMILES string of the molecule is COc1ccc(-c2nc(CN3CCCC3C(C)(C)O)cs2)c(OC)c1. The molecule has 1 aromatic heterocycles. The zero-order valence-corrected chi connectivity index (χ0v) is 16.1. The third-order valence-electron chi connectivity index (χ3n) is 4.74. The van der Waals surface area contributed by atoms with E-state index in [2.05, 4.69) is 10.3 Å². The smallest absolute Gasteiger partial charge is 0.132 e. The van der Waals surface area contributed by atoms with Crippen LogP contribution in [-0.4, -0.2) is 47.4 Å². The number of aromatic nitrogens is 1. The van der Waals surface area contributed by atoms with Crippen LogP contribution >= 0.6 is 11.3 Å². The van der Waals surface area contributed by atoms with Crippen molar-refractivity contribution in [1.29, 1.82) is 0 Å². The molecular formula is C19H26N2O3S. The summed E-state index contributed by atoms with van der Waals surface area (Å²) < 4.78 is 10.7. The third-order valence-corrected chi connectivity index (χ3v) is 5.66. The first-order valence-corrected chi connectivity index (χ1v) is 9.43. The zero-order valence-electron chi connectivity index (χ0n) is 15.3. The Morgan fingerprint density at radius 3 is 2.80 bits per heavy atom. The van der Waals surface area contributed by atoms with Gasteiger partial charge in [0.25, 0.3) is 0 Å². The predicted molar refractivity (Wildman–Crippen MR) is 100 cm³/mol. The van der Waals surface area contributed by atoms with Gasteiger partial charge in [0.05, 0.1) is 31.1 Å². The monoisotopic (exact) mass is 362 g/mol. The van der Waals surface area contributed by atoms with Crippen LogP contribution < -0.4 is 9.47 Å². The topological polar surface area (TPSA) is 54.8 Å². The van der Waals surface area contributed by atoms with Crippen molar-refractivity contribution >= 4 is 11.3 Å². The molecule has 1 N–H and O–H groups in total. The number of methoxy groups -OCH3 is 2. The highest BCUT2D eigenvalue weighted by atomic mass is 32.1. The summed E-state index contributed by atoms with van der Waals surface area (Å²) in [5.74, 6) is 1.53. The normalized spacial score (nSPS) is 18.5. The van der Waals surface area contributed by atoms with Crippen molar-refractivity contribution in [3.8, 4) is 22.1 Å². The van der Waals surface area contributed by atoms with Crippen LogP contribution in [0.15, 0.2) is 23.6 Å². The second-order valence-electron chi connectivity index (χ2n) is 6.99. The maximum absolute atomic E-state index is 10.4. The summed E-state index contributed by atoms with van der Waals surface area (Å²) in [5.41, 5.74) is 1.32. The molecule has 1 saturated heterocycles. The van der Waals surface area contributed by atoms with E-state index in [0.717, 1.165) is 53.7 Å². The number of rotatable bonds is 6. The molecule has 6 heteroatoms. The molecule has 0 spiro atoms.